The number of aromatic amines is 1. The number of aromatic nitrogens is 1. The van der Waals surface area contributed by atoms with Crippen LogP contribution in [-0.4, -0.2) is 23.2 Å². The first-order valence-electron chi connectivity index (χ1n) is 6.00. The molecular formula is C14H15NO4. The number of carbonyl (C=O) groups is 1. The lowest BCUT2D eigenvalue weighted by molar-refractivity contribution is -0.138. The quantitative estimate of drug-likeness (QED) is 0.883. The molecule has 1 aromatic heterocycles. The predicted molar refractivity (Wildman–Crippen MR) is 71.8 cm³/mol. The molecule has 0 fully saturated rings. The number of ether oxygens (including phenoxy) is 1. The average Bonchev–Trinajstić information content (AvgIpc) is 2.39. The first kappa shape index (κ1) is 13.1. The summed E-state index contributed by atoms with van der Waals surface area (Å²) >= 11 is 0. The Kier molecular flexibility index (Phi) is 3.55. The van der Waals surface area contributed by atoms with Crippen molar-refractivity contribution < 1.29 is 14.6 Å². The lowest BCUT2D eigenvalue weighted by Gasteiger charge is -2.11. The highest BCUT2D eigenvalue weighted by Gasteiger charge is 2.19. The molecule has 0 bridgehead atoms. The number of nitrogens with one attached hydrogen (secondary N) is 1. The van der Waals surface area contributed by atoms with Gasteiger partial charge in [-0.25, -0.2) is 0 Å². The molecule has 5 heteroatoms. The van der Waals surface area contributed by atoms with Crippen molar-refractivity contribution in [3.05, 3.63) is 40.2 Å². The molecule has 1 unspecified atom stereocenters. The molecule has 2 rings (SSSR count). The monoisotopic (exact) mass is 261 g/mol. The van der Waals surface area contributed by atoms with Crippen LogP contribution in [0.3, 0.4) is 0 Å². The van der Waals surface area contributed by atoms with Crippen LogP contribution in [-0.2, 0) is 4.79 Å². The Bertz CT molecular complexity index is 675. The van der Waals surface area contributed by atoms with Crippen LogP contribution < -0.4 is 10.2 Å². The molecule has 100 valence electrons. The summed E-state index contributed by atoms with van der Waals surface area (Å²) in [5.41, 5.74) is 0.836. The van der Waals surface area contributed by atoms with Crippen LogP contribution >= 0.6 is 0 Å². The number of aliphatic carboxylic acids is 1. The maximum absolute atomic E-state index is 12.0. The molecule has 0 radical (unpaired) electrons. The third-order valence-corrected chi connectivity index (χ3v) is 3.14. The SMILES string of the molecule is CCC(C(=O)O)c1cc(=O)c2cc(OC)ccc2[nH]1. The molecule has 0 spiro atoms. The first-order valence-corrected chi connectivity index (χ1v) is 6.00. The van der Waals surface area contributed by atoms with Gasteiger partial charge in [-0.3, -0.25) is 9.59 Å². The van der Waals surface area contributed by atoms with Crippen LogP contribution in [0.4, 0.5) is 0 Å². The lowest BCUT2D eigenvalue weighted by atomic mass is 10.0. The Morgan fingerprint density at radius 3 is 2.74 bits per heavy atom. The van der Waals surface area contributed by atoms with Gasteiger partial charge in [0, 0.05) is 22.7 Å². The summed E-state index contributed by atoms with van der Waals surface area (Å²) in [7, 11) is 1.53. The van der Waals surface area contributed by atoms with Crippen LogP contribution in [0, 0.1) is 0 Å². The van der Waals surface area contributed by atoms with E-state index < -0.39 is 11.9 Å². The number of fused-ring (bicyclic) bond motifs is 1. The van der Waals surface area contributed by atoms with Crippen LogP contribution in [0.15, 0.2) is 29.1 Å². The number of pyridine rings is 1. The molecule has 0 saturated heterocycles. The predicted octanol–water partition coefficient (Wildman–Crippen LogP) is 2.11. The van der Waals surface area contributed by atoms with Gasteiger partial charge in [-0.1, -0.05) is 6.92 Å². The minimum atomic E-state index is -0.939. The van der Waals surface area contributed by atoms with Crippen molar-refractivity contribution in [1.82, 2.24) is 4.98 Å². The van der Waals surface area contributed by atoms with E-state index in [0.29, 0.717) is 28.8 Å². The number of methoxy groups -OCH3 is 1. The van der Waals surface area contributed by atoms with Gasteiger partial charge >= 0.3 is 5.97 Å². The largest absolute Gasteiger partial charge is 0.497 e. The van der Waals surface area contributed by atoms with E-state index in [1.54, 1.807) is 25.1 Å². The van der Waals surface area contributed by atoms with E-state index in [1.165, 1.54) is 13.2 Å². The summed E-state index contributed by atoms with van der Waals surface area (Å²) in [5.74, 6) is -1.04. The number of H-pyrrole nitrogens is 1. The van der Waals surface area contributed by atoms with Gasteiger partial charge in [0.2, 0.25) is 0 Å². The zero-order valence-electron chi connectivity index (χ0n) is 10.8. The highest BCUT2D eigenvalue weighted by molar-refractivity contribution is 5.82. The van der Waals surface area contributed by atoms with Crippen LogP contribution in [0.25, 0.3) is 10.9 Å². The average molecular weight is 261 g/mol. The molecule has 1 atom stereocenters. The molecule has 5 nitrogen and oxygen atoms in total. The Hall–Kier alpha value is -2.30. The van der Waals surface area contributed by atoms with Crippen molar-refractivity contribution in [3.8, 4) is 5.75 Å². The number of hydrogen-bond acceptors (Lipinski definition) is 3. The number of benzene rings is 1. The van der Waals surface area contributed by atoms with Crippen molar-refractivity contribution in [3.63, 3.8) is 0 Å². The highest BCUT2D eigenvalue weighted by Crippen LogP contribution is 2.21. The summed E-state index contributed by atoms with van der Waals surface area (Å²) in [6.07, 6.45) is 0.424. The first-order chi connectivity index (χ1) is 9.06. The molecule has 2 N–H and O–H groups in total. The van der Waals surface area contributed by atoms with E-state index in [4.69, 9.17) is 9.84 Å². The highest BCUT2D eigenvalue weighted by atomic mass is 16.5. The van der Waals surface area contributed by atoms with E-state index in [1.807, 2.05) is 0 Å². The lowest BCUT2D eigenvalue weighted by Crippen LogP contribution is -2.15. The third-order valence-electron chi connectivity index (χ3n) is 3.14. The number of carboxylic acid groups (broad SMARTS) is 1. The van der Waals surface area contributed by atoms with Crippen LogP contribution in [0.1, 0.15) is 25.0 Å². The minimum Gasteiger partial charge on any atom is -0.497 e. The second-order valence-electron chi connectivity index (χ2n) is 4.30. The molecule has 0 saturated carbocycles. The van der Waals surface area contributed by atoms with E-state index >= 15 is 0 Å². The maximum atomic E-state index is 12.0. The Morgan fingerprint density at radius 1 is 1.42 bits per heavy atom. The van der Waals surface area contributed by atoms with Crippen LogP contribution in [0.5, 0.6) is 5.75 Å². The number of rotatable bonds is 4. The molecule has 0 aliphatic heterocycles. The van der Waals surface area contributed by atoms with Gasteiger partial charge in [-0.2, -0.15) is 0 Å². The second kappa shape index (κ2) is 5.14. The zero-order valence-corrected chi connectivity index (χ0v) is 10.8. The maximum Gasteiger partial charge on any atom is 0.312 e. The standard InChI is InChI=1S/C14H15NO4/c1-3-9(14(17)18)12-7-13(16)10-6-8(19-2)4-5-11(10)15-12/h4-7,9H,3H2,1-2H3,(H,15,16)(H,17,18). The summed E-state index contributed by atoms with van der Waals surface area (Å²) in [6.45, 7) is 1.77. The van der Waals surface area contributed by atoms with Gasteiger partial charge in [0.05, 0.1) is 13.0 Å². The van der Waals surface area contributed by atoms with Gasteiger partial charge < -0.3 is 14.8 Å². The van der Waals surface area contributed by atoms with Crippen molar-refractivity contribution in [2.75, 3.05) is 7.11 Å². The van der Waals surface area contributed by atoms with Crippen LogP contribution in [0.2, 0.25) is 0 Å². The molecule has 0 aliphatic carbocycles. The Balaban J connectivity index is 2.62. The van der Waals surface area contributed by atoms with Crippen molar-refractivity contribution in [2.24, 2.45) is 0 Å². The van der Waals surface area contributed by atoms with E-state index in [-0.39, 0.29) is 5.43 Å². The van der Waals surface area contributed by atoms with Gasteiger partial charge in [-0.05, 0) is 24.6 Å². The van der Waals surface area contributed by atoms with E-state index in [9.17, 15) is 9.59 Å². The van der Waals surface area contributed by atoms with E-state index in [0.717, 1.165) is 0 Å². The number of carboxylic acids is 1. The number of hydrogen-bond donors (Lipinski definition) is 2. The van der Waals surface area contributed by atoms with Crippen molar-refractivity contribution in [2.45, 2.75) is 19.3 Å². The summed E-state index contributed by atoms with van der Waals surface area (Å²) in [6, 6.07) is 6.43. The molecule has 19 heavy (non-hydrogen) atoms. The summed E-state index contributed by atoms with van der Waals surface area (Å²) < 4.78 is 5.07. The molecule has 2 aromatic rings. The smallest absolute Gasteiger partial charge is 0.312 e. The fraction of sp³-hybridized carbons (Fsp3) is 0.286. The molecule has 0 aliphatic rings. The molecule has 0 amide bonds. The topological polar surface area (TPSA) is 79.4 Å². The van der Waals surface area contributed by atoms with Gasteiger partial charge in [0.25, 0.3) is 0 Å². The fourth-order valence-electron chi connectivity index (χ4n) is 2.09. The summed E-state index contributed by atoms with van der Waals surface area (Å²) in [4.78, 5) is 26.2. The fourth-order valence-corrected chi connectivity index (χ4v) is 2.09. The van der Waals surface area contributed by atoms with E-state index in [2.05, 4.69) is 4.98 Å². The Labute approximate surface area is 109 Å². The van der Waals surface area contributed by atoms with Crippen molar-refractivity contribution in [1.29, 1.82) is 0 Å². The normalized spacial score (nSPS) is 12.3. The van der Waals surface area contributed by atoms with Crippen molar-refractivity contribution >= 4 is 16.9 Å². The molecule has 1 aromatic carbocycles. The Morgan fingerprint density at radius 2 is 2.16 bits per heavy atom. The van der Waals surface area contributed by atoms with Gasteiger partial charge in [0.15, 0.2) is 5.43 Å². The third kappa shape index (κ3) is 2.45. The summed E-state index contributed by atoms with van der Waals surface area (Å²) in [5, 5.41) is 9.62. The van der Waals surface area contributed by atoms with Gasteiger partial charge in [0.1, 0.15) is 5.75 Å². The second-order valence-corrected chi connectivity index (χ2v) is 4.30. The minimum absolute atomic E-state index is 0.206. The molecule has 1 heterocycles. The van der Waals surface area contributed by atoms with Gasteiger partial charge in [-0.15, -0.1) is 0 Å². The zero-order chi connectivity index (χ0) is 14.0. The molecular weight excluding hydrogens is 246 g/mol.